The largest absolute Gasteiger partial charge is 0.493 e. The minimum atomic E-state index is -0.309. The van der Waals surface area contributed by atoms with Gasteiger partial charge in [0.1, 0.15) is 11.5 Å². The molecule has 1 aliphatic rings. The van der Waals surface area contributed by atoms with Gasteiger partial charge >= 0.3 is 0 Å². The first-order chi connectivity index (χ1) is 9.79. The molecule has 1 unspecified atom stereocenters. The summed E-state index contributed by atoms with van der Waals surface area (Å²) in [6.45, 7) is 2.38. The van der Waals surface area contributed by atoms with Crippen LogP contribution in [0.5, 0.6) is 11.5 Å². The van der Waals surface area contributed by atoms with Crippen LogP contribution in [0.25, 0.3) is 0 Å². The molecule has 0 fully saturated rings. The van der Waals surface area contributed by atoms with Crippen molar-refractivity contribution < 1.29 is 14.6 Å². The Kier molecular flexibility index (Phi) is 3.61. The summed E-state index contributed by atoms with van der Waals surface area (Å²) in [5.74, 6) is 1.96. The van der Waals surface area contributed by atoms with Gasteiger partial charge in [-0.1, -0.05) is 30.3 Å². The predicted octanol–water partition coefficient (Wildman–Crippen LogP) is 3.24. The van der Waals surface area contributed by atoms with Gasteiger partial charge in [0, 0.05) is 11.5 Å². The summed E-state index contributed by atoms with van der Waals surface area (Å²) in [5.41, 5.74) is 3.40. The van der Waals surface area contributed by atoms with Gasteiger partial charge in [0.15, 0.2) is 6.79 Å². The fraction of sp³-hybridized carbons (Fsp3) is 0.294. The van der Waals surface area contributed by atoms with Crippen LogP contribution < -0.4 is 9.47 Å². The summed E-state index contributed by atoms with van der Waals surface area (Å²) in [6.07, 6.45) is 0.957. The molecule has 0 aromatic heterocycles. The van der Waals surface area contributed by atoms with Gasteiger partial charge in [0.2, 0.25) is 0 Å². The normalized spacial score (nSPS) is 17.2. The minimum Gasteiger partial charge on any atom is -0.493 e. The van der Waals surface area contributed by atoms with Gasteiger partial charge in [-0.15, -0.1) is 0 Å². The molecule has 20 heavy (non-hydrogen) atoms. The van der Waals surface area contributed by atoms with Crippen LogP contribution in [0.3, 0.4) is 0 Å². The maximum atomic E-state index is 8.98. The van der Waals surface area contributed by atoms with Crippen LogP contribution in [0.1, 0.15) is 29.0 Å². The molecule has 1 atom stereocenters. The van der Waals surface area contributed by atoms with Crippen LogP contribution in [-0.2, 0) is 0 Å². The van der Waals surface area contributed by atoms with Gasteiger partial charge in [-0.3, -0.25) is 0 Å². The van der Waals surface area contributed by atoms with E-state index in [-0.39, 0.29) is 6.79 Å². The Morgan fingerprint density at radius 1 is 1.25 bits per heavy atom. The number of benzene rings is 2. The Balaban J connectivity index is 2.05. The molecule has 0 amide bonds. The van der Waals surface area contributed by atoms with Gasteiger partial charge in [-0.2, -0.15) is 0 Å². The van der Waals surface area contributed by atoms with E-state index >= 15 is 0 Å². The van der Waals surface area contributed by atoms with Crippen molar-refractivity contribution in [1.82, 2.24) is 0 Å². The maximum Gasteiger partial charge on any atom is 0.186 e. The van der Waals surface area contributed by atoms with Crippen molar-refractivity contribution in [3.05, 3.63) is 59.2 Å². The molecule has 3 nitrogen and oxygen atoms in total. The lowest BCUT2D eigenvalue weighted by Crippen LogP contribution is -2.15. The van der Waals surface area contributed by atoms with Gasteiger partial charge in [0.05, 0.1) is 6.61 Å². The van der Waals surface area contributed by atoms with Crippen LogP contribution in [0.15, 0.2) is 42.5 Å². The van der Waals surface area contributed by atoms with Crippen LogP contribution in [0.4, 0.5) is 0 Å². The fourth-order valence-electron chi connectivity index (χ4n) is 2.77. The molecule has 1 N–H and O–H groups in total. The molecule has 2 aromatic rings. The Morgan fingerprint density at radius 2 is 2.05 bits per heavy atom. The molecular weight excluding hydrogens is 252 g/mol. The maximum absolute atomic E-state index is 8.98. The molecule has 0 radical (unpaired) electrons. The van der Waals surface area contributed by atoms with Crippen molar-refractivity contribution in [2.75, 3.05) is 13.4 Å². The summed E-state index contributed by atoms with van der Waals surface area (Å²) in [4.78, 5) is 0. The molecule has 0 saturated carbocycles. The van der Waals surface area contributed by atoms with Crippen molar-refractivity contribution >= 4 is 0 Å². The first-order valence-corrected chi connectivity index (χ1v) is 6.85. The van der Waals surface area contributed by atoms with Crippen LogP contribution in [-0.4, -0.2) is 18.5 Å². The highest BCUT2D eigenvalue weighted by Gasteiger charge is 2.24. The van der Waals surface area contributed by atoms with Gasteiger partial charge in [-0.25, -0.2) is 0 Å². The quantitative estimate of drug-likeness (QED) is 0.870. The van der Waals surface area contributed by atoms with E-state index in [0.29, 0.717) is 5.92 Å². The summed E-state index contributed by atoms with van der Waals surface area (Å²) in [5, 5.41) is 8.98. The Labute approximate surface area is 118 Å². The van der Waals surface area contributed by atoms with E-state index < -0.39 is 0 Å². The summed E-state index contributed by atoms with van der Waals surface area (Å²) < 4.78 is 11.1. The molecule has 0 bridgehead atoms. The van der Waals surface area contributed by atoms with E-state index in [1.54, 1.807) is 0 Å². The topological polar surface area (TPSA) is 38.7 Å². The molecule has 3 heteroatoms. The van der Waals surface area contributed by atoms with Crippen LogP contribution in [0.2, 0.25) is 0 Å². The van der Waals surface area contributed by atoms with E-state index in [4.69, 9.17) is 14.6 Å². The number of ether oxygens (including phenoxy) is 2. The number of fused-ring (bicyclic) bond motifs is 1. The van der Waals surface area contributed by atoms with Gasteiger partial charge in [-0.05, 0) is 36.6 Å². The number of aliphatic hydroxyl groups excluding tert-OH is 1. The highest BCUT2D eigenvalue weighted by molar-refractivity contribution is 5.51. The highest BCUT2D eigenvalue weighted by atomic mass is 16.6. The molecule has 0 aliphatic carbocycles. The minimum absolute atomic E-state index is 0.309. The monoisotopic (exact) mass is 270 g/mol. The number of rotatable bonds is 3. The zero-order valence-electron chi connectivity index (χ0n) is 11.5. The van der Waals surface area contributed by atoms with Crippen molar-refractivity contribution in [3.8, 4) is 11.5 Å². The van der Waals surface area contributed by atoms with Crippen molar-refractivity contribution in [2.45, 2.75) is 19.3 Å². The summed E-state index contributed by atoms with van der Waals surface area (Å²) in [6, 6.07) is 14.4. The van der Waals surface area contributed by atoms with E-state index in [9.17, 15) is 0 Å². The predicted molar refractivity (Wildman–Crippen MR) is 77.3 cm³/mol. The van der Waals surface area contributed by atoms with Crippen molar-refractivity contribution in [3.63, 3.8) is 0 Å². The lowest BCUT2D eigenvalue weighted by atomic mass is 9.86. The van der Waals surface area contributed by atoms with Gasteiger partial charge in [0.25, 0.3) is 0 Å². The standard InChI is InChI=1S/C17H18O3/c1-12-9-17-15(10-16(12)20-11-18)14(7-8-19-17)13-5-3-2-4-6-13/h2-6,9-10,14,18H,7-8,11H2,1H3. The second-order valence-corrected chi connectivity index (χ2v) is 5.03. The molecule has 2 aromatic carbocycles. The first-order valence-electron chi connectivity index (χ1n) is 6.85. The average molecular weight is 270 g/mol. The van der Waals surface area contributed by atoms with Crippen molar-refractivity contribution in [2.24, 2.45) is 0 Å². The van der Waals surface area contributed by atoms with Crippen LogP contribution in [0, 0.1) is 6.92 Å². The molecule has 1 aliphatic heterocycles. The number of hydrogen-bond donors (Lipinski definition) is 1. The third-order valence-corrected chi connectivity index (χ3v) is 3.77. The van der Waals surface area contributed by atoms with E-state index in [2.05, 4.69) is 24.3 Å². The second kappa shape index (κ2) is 5.55. The third kappa shape index (κ3) is 2.37. The average Bonchev–Trinajstić information content (AvgIpc) is 2.48. The third-order valence-electron chi connectivity index (χ3n) is 3.77. The number of aliphatic hydroxyl groups is 1. The Morgan fingerprint density at radius 3 is 2.80 bits per heavy atom. The summed E-state index contributed by atoms with van der Waals surface area (Å²) >= 11 is 0. The lowest BCUT2D eigenvalue weighted by Gasteiger charge is -2.27. The molecule has 1 heterocycles. The van der Waals surface area contributed by atoms with Gasteiger partial charge < -0.3 is 14.6 Å². The molecule has 104 valence electrons. The Bertz CT molecular complexity index is 593. The molecule has 0 saturated heterocycles. The van der Waals surface area contributed by atoms with Crippen molar-refractivity contribution in [1.29, 1.82) is 0 Å². The smallest absolute Gasteiger partial charge is 0.186 e. The zero-order chi connectivity index (χ0) is 13.9. The van der Waals surface area contributed by atoms with E-state index in [0.717, 1.165) is 35.7 Å². The molecule has 3 rings (SSSR count). The SMILES string of the molecule is Cc1cc2c(cc1OCO)C(c1ccccc1)CCO2. The second-order valence-electron chi connectivity index (χ2n) is 5.03. The summed E-state index contributed by atoms with van der Waals surface area (Å²) in [7, 11) is 0. The fourth-order valence-corrected chi connectivity index (χ4v) is 2.77. The molecule has 0 spiro atoms. The Hall–Kier alpha value is -2.00. The lowest BCUT2D eigenvalue weighted by molar-refractivity contribution is 0.0975. The number of hydrogen-bond acceptors (Lipinski definition) is 3. The first kappa shape index (κ1) is 13.0. The molecular formula is C17H18O3. The zero-order valence-corrected chi connectivity index (χ0v) is 11.5. The van der Waals surface area contributed by atoms with E-state index in [1.807, 2.05) is 25.1 Å². The van der Waals surface area contributed by atoms with E-state index in [1.165, 1.54) is 5.56 Å². The highest BCUT2D eigenvalue weighted by Crippen LogP contribution is 2.41. The number of aryl methyl sites for hydroxylation is 1. The van der Waals surface area contributed by atoms with Crippen LogP contribution >= 0.6 is 0 Å².